The van der Waals surface area contributed by atoms with Gasteiger partial charge in [-0.3, -0.25) is 0 Å². The second kappa shape index (κ2) is 3.62. The Balaban J connectivity index is 2.10. The van der Waals surface area contributed by atoms with Crippen molar-refractivity contribution in [2.75, 3.05) is 18.1 Å². The molecule has 3 nitrogen and oxygen atoms in total. The first-order chi connectivity index (χ1) is 8.12. The van der Waals surface area contributed by atoms with Crippen molar-refractivity contribution in [1.29, 1.82) is 0 Å². The maximum Gasteiger partial charge on any atom is 0.172 e. The van der Waals surface area contributed by atoms with Crippen molar-refractivity contribution in [1.82, 2.24) is 4.98 Å². The average molecular weight is 232 g/mol. The lowest BCUT2D eigenvalue weighted by Crippen LogP contribution is -2.49. The molecule has 1 aromatic rings. The molecule has 0 aromatic carbocycles. The van der Waals surface area contributed by atoms with Crippen molar-refractivity contribution in [3.8, 4) is 5.75 Å². The van der Waals surface area contributed by atoms with Crippen LogP contribution in [0.3, 0.4) is 0 Å². The number of nitrogens with zero attached hydrogens (tertiary/aromatic N) is 2. The Kier molecular flexibility index (Phi) is 2.32. The molecule has 92 valence electrons. The minimum Gasteiger partial charge on any atom is -0.487 e. The second-order valence-electron chi connectivity index (χ2n) is 5.75. The van der Waals surface area contributed by atoms with Gasteiger partial charge < -0.3 is 9.64 Å². The van der Waals surface area contributed by atoms with E-state index in [0.29, 0.717) is 5.92 Å². The smallest absolute Gasteiger partial charge is 0.172 e. The number of hydrogen-bond donors (Lipinski definition) is 0. The number of rotatable bonds is 1. The van der Waals surface area contributed by atoms with Crippen LogP contribution >= 0.6 is 0 Å². The highest BCUT2D eigenvalue weighted by Gasteiger charge is 2.43. The summed E-state index contributed by atoms with van der Waals surface area (Å²) in [6.45, 7) is 8.60. The van der Waals surface area contributed by atoms with Crippen molar-refractivity contribution >= 4 is 5.82 Å². The SMILES string of the molecule is CC(C)c1ccnc2c1OC[C@]1(C)CCCN21. The van der Waals surface area contributed by atoms with E-state index >= 15 is 0 Å². The summed E-state index contributed by atoms with van der Waals surface area (Å²) in [5.41, 5.74) is 1.44. The van der Waals surface area contributed by atoms with Crippen molar-refractivity contribution in [3.05, 3.63) is 17.8 Å². The second-order valence-corrected chi connectivity index (χ2v) is 5.75. The summed E-state index contributed by atoms with van der Waals surface area (Å²) in [6.07, 6.45) is 4.37. The van der Waals surface area contributed by atoms with Gasteiger partial charge in [-0.1, -0.05) is 13.8 Å². The van der Waals surface area contributed by atoms with E-state index in [1.54, 1.807) is 0 Å². The molecule has 1 fully saturated rings. The van der Waals surface area contributed by atoms with Gasteiger partial charge >= 0.3 is 0 Å². The molecule has 3 rings (SSSR count). The van der Waals surface area contributed by atoms with Crippen molar-refractivity contribution < 1.29 is 4.74 Å². The summed E-state index contributed by atoms with van der Waals surface area (Å²) >= 11 is 0. The van der Waals surface area contributed by atoms with Crippen LogP contribution < -0.4 is 9.64 Å². The quantitative estimate of drug-likeness (QED) is 0.744. The van der Waals surface area contributed by atoms with Crippen LogP contribution in [0.25, 0.3) is 0 Å². The van der Waals surface area contributed by atoms with Crippen molar-refractivity contribution in [2.45, 2.75) is 45.1 Å². The van der Waals surface area contributed by atoms with Crippen LogP contribution in [0.15, 0.2) is 12.3 Å². The first kappa shape index (κ1) is 10.9. The lowest BCUT2D eigenvalue weighted by molar-refractivity contribution is 0.208. The van der Waals surface area contributed by atoms with Crippen LogP contribution in [0.2, 0.25) is 0 Å². The third-order valence-corrected chi connectivity index (χ3v) is 4.07. The third-order valence-electron chi connectivity index (χ3n) is 4.07. The van der Waals surface area contributed by atoms with Gasteiger partial charge in [-0.25, -0.2) is 4.98 Å². The highest BCUT2D eigenvalue weighted by Crippen LogP contribution is 2.45. The van der Waals surface area contributed by atoms with Crippen molar-refractivity contribution in [3.63, 3.8) is 0 Å². The molecule has 0 N–H and O–H groups in total. The zero-order chi connectivity index (χ0) is 12.0. The van der Waals surface area contributed by atoms with Gasteiger partial charge in [-0.2, -0.15) is 0 Å². The van der Waals surface area contributed by atoms with Crippen LogP contribution in [-0.4, -0.2) is 23.7 Å². The third kappa shape index (κ3) is 1.52. The van der Waals surface area contributed by atoms with E-state index in [1.165, 1.54) is 18.4 Å². The summed E-state index contributed by atoms with van der Waals surface area (Å²) in [4.78, 5) is 6.99. The normalized spacial score (nSPS) is 26.7. The number of anilines is 1. The largest absolute Gasteiger partial charge is 0.487 e. The number of aromatic nitrogens is 1. The van der Waals surface area contributed by atoms with E-state index in [0.717, 1.165) is 24.7 Å². The monoisotopic (exact) mass is 232 g/mol. The van der Waals surface area contributed by atoms with Gasteiger partial charge in [0.05, 0.1) is 5.54 Å². The summed E-state index contributed by atoms with van der Waals surface area (Å²) in [6, 6.07) is 2.09. The zero-order valence-corrected chi connectivity index (χ0v) is 10.9. The highest BCUT2D eigenvalue weighted by atomic mass is 16.5. The molecule has 0 bridgehead atoms. The molecule has 3 heteroatoms. The Bertz CT molecular complexity index is 444. The molecular formula is C14H20N2O. The first-order valence-corrected chi connectivity index (χ1v) is 6.51. The molecule has 0 saturated carbocycles. The zero-order valence-electron chi connectivity index (χ0n) is 10.9. The van der Waals surface area contributed by atoms with Crippen LogP contribution in [0.4, 0.5) is 5.82 Å². The minimum atomic E-state index is 0.162. The summed E-state index contributed by atoms with van der Waals surface area (Å²) in [7, 11) is 0. The van der Waals surface area contributed by atoms with Gasteiger partial charge in [0.15, 0.2) is 11.6 Å². The molecule has 2 aliphatic rings. The number of fused-ring (bicyclic) bond motifs is 3. The highest BCUT2D eigenvalue weighted by molar-refractivity contribution is 5.61. The van der Waals surface area contributed by atoms with Gasteiger partial charge in [0.25, 0.3) is 0 Å². The molecule has 0 spiro atoms. The fourth-order valence-electron chi connectivity index (χ4n) is 3.01. The maximum atomic E-state index is 6.03. The average Bonchev–Trinajstić information content (AvgIpc) is 2.70. The number of hydrogen-bond acceptors (Lipinski definition) is 3. The molecular weight excluding hydrogens is 212 g/mol. The Hall–Kier alpha value is -1.25. The number of pyridine rings is 1. The van der Waals surface area contributed by atoms with E-state index < -0.39 is 0 Å². The predicted octanol–water partition coefficient (Wildman–Crippen LogP) is 2.96. The van der Waals surface area contributed by atoms with Crippen LogP contribution in [0.1, 0.15) is 45.1 Å². The molecule has 1 aromatic heterocycles. The fraction of sp³-hybridized carbons (Fsp3) is 0.643. The van der Waals surface area contributed by atoms with Gasteiger partial charge in [0.2, 0.25) is 0 Å². The lowest BCUT2D eigenvalue weighted by atomic mass is 9.97. The summed E-state index contributed by atoms with van der Waals surface area (Å²) in [5, 5.41) is 0. The molecule has 17 heavy (non-hydrogen) atoms. The van der Waals surface area contributed by atoms with Gasteiger partial charge in [0.1, 0.15) is 6.61 Å². The van der Waals surface area contributed by atoms with E-state index in [-0.39, 0.29) is 5.54 Å². The Labute approximate surface area is 103 Å². The lowest BCUT2D eigenvalue weighted by Gasteiger charge is -2.41. The van der Waals surface area contributed by atoms with E-state index in [1.807, 2.05) is 6.20 Å². The van der Waals surface area contributed by atoms with E-state index in [4.69, 9.17) is 4.74 Å². The molecule has 1 saturated heterocycles. The van der Waals surface area contributed by atoms with Crippen LogP contribution in [-0.2, 0) is 0 Å². The van der Waals surface area contributed by atoms with Crippen LogP contribution in [0, 0.1) is 0 Å². The first-order valence-electron chi connectivity index (χ1n) is 6.51. The molecule has 0 radical (unpaired) electrons. The molecule has 0 amide bonds. The Morgan fingerprint density at radius 1 is 1.47 bits per heavy atom. The molecule has 1 atom stereocenters. The molecule has 3 heterocycles. The molecule has 0 aliphatic carbocycles. The van der Waals surface area contributed by atoms with Gasteiger partial charge in [-0.15, -0.1) is 0 Å². The van der Waals surface area contributed by atoms with Gasteiger partial charge in [0, 0.05) is 18.3 Å². The Morgan fingerprint density at radius 3 is 3.06 bits per heavy atom. The minimum absolute atomic E-state index is 0.162. The standard InChI is InChI=1S/C14H20N2O/c1-10(2)11-5-7-15-13-12(11)17-9-14(3)6-4-8-16(13)14/h5,7,10H,4,6,8-9H2,1-3H3/t14-/m0/s1. The van der Waals surface area contributed by atoms with Gasteiger partial charge in [-0.05, 0) is 31.7 Å². The summed E-state index contributed by atoms with van der Waals surface area (Å²) < 4.78 is 6.03. The maximum absolute atomic E-state index is 6.03. The topological polar surface area (TPSA) is 25.4 Å². The Morgan fingerprint density at radius 2 is 2.29 bits per heavy atom. The predicted molar refractivity (Wildman–Crippen MR) is 68.8 cm³/mol. The van der Waals surface area contributed by atoms with Crippen LogP contribution in [0.5, 0.6) is 5.75 Å². The van der Waals surface area contributed by atoms with Crippen molar-refractivity contribution in [2.24, 2.45) is 0 Å². The molecule has 0 unspecified atom stereocenters. The number of ether oxygens (including phenoxy) is 1. The molecule has 2 aliphatic heterocycles. The summed E-state index contributed by atoms with van der Waals surface area (Å²) in [5.74, 6) is 2.56. The van der Waals surface area contributed by atoms with E-state index in [2.05, 4.69) is 36.7 Å². The van der Waals surface area contributed by atoms with E-state index in [9.17, 15) is 0 Å². The fourth-order valence-corrected chi connectivity index (χ4v) is 3.01.